The molecule has 0 aromatic carbocycles. The molecular weight excluding hydrogens is 214 g/mol. The van der Waals surface area contributed by atoms with Crippen LogP contribution in [0, 0.1) is 13.8 Å². The first-order valence-electron chi connectivity index (χ1n) is 5.99. The standard InChI is InChI=1S/C13H17N3O/c1-7-10-4-5-16-9(3)8(2)15-13(16)12(10)14-6-11(7)17/h4-5,7,11,14,17H,6H2,1-3H3/t7-,11+/m0/s1. The Hall–Kier alpha value is -1.55. The lowest BCUT2D eigenvalue weighted by Crippen LogP contribution is -2.31. The Kier molecular flexibility index (Phi) is 2.16. The third-order valence-electron chi connectivity index (χ3n) is 3.86. The quantitative estimate of drug-likeness (QED) is 0.727. The number of aliphatic hydroxyl groups is 1. The molecule has 2 N–H and O–H groups in total. The molecular formula is C13H17N3O. The summed E-state index contributed by atoms with van der Waals surface area (Å²) in [5.41, 5.74) is 5.42. The number of aryl methyl sites for hydroxylation is 2. The van der Waals surface area contributed by atoms with Gasteiger partial charge in [0.2, 0.25) is 0 Å². The number of rotatable bonds is 0. The minimum absolute atomic E-state index is 0.161. The molecule has 3 rings (SSSR count). The van der Waals surface area contributed by atoms with Crippen LogP contribution < -0.4 is 5.32 Å². The van der Waals surface area contributed by atoms with Gasteiger partial charge in [0.1, 0.15) is 0 Å². The molecule has 2 aromatic rings. The summed E-state index contributed by atoms with van der Waals surface area (Å²) in [5, 5.41) is 13.2. The Morgan fingerprint density at radius 2 is 2.24 bits per heavy atom. The molecule has 0 bridgehead atoms. The van der Waals surface area contributed by atoms with Crippen molar-refractivity contribution >= 4 is 11.3 Å². The zero-order valence-corrected chi connectivity index (χ0v) is 10.4. The molecule has 90 valence electrons. The van der Waals surface area contributed by atoms with E-state index in [0.29, 0.717) is 6.54 Å². The largest absolute Gasteiger partial charge is 0.391 e. The third-order valence-corrected chi connectivity index (χ3v) is 3.86. The van der Waals surface area contributed by atoms with Gasteiger partial charge in [0.05, 0.1) is 17.5 Å². The highest BCUT2D eigenvalue weighted by molar-refractivity contribution is 5.74. The van der Waals surface area contributed by atoms with Crippen molar-refractivity contribution in [2.45, 2.75) is 32.8 Å². The van der Waals surface area contributed by atoms with Gasteiger partial charge in [-0.05, 0) is 25.5 Å². The van der Waals surface area contributed by atoms with Gasteiger partial charge >= 0.3 is 0 Å². The summed E-state index contributed by atoms with van der Waals surface area (Å²) in [7, 11) is 0. The maximum atomic E-state index is 9.87. The summed E-state index contributed by atoms with van der Waals surface area (Å²) in [4.78, 5) is 4.60. The molecule has 1 aliphatic rings. The number of hydrogen-bond acceptors (Lipinski definition) is 3. The Bertz CT molecular complexity index is 588. The van der Waals surface area contributed by atoms with E-state index in [-0.39, 0.29) is 12.0 Å². The molecule has 0 spiro atoms. The van der Waals surface area contributed by atoms with Crippen LogP contribution in [0.1, 0.15) is 29.8 Å². The molecule has 0 radical (unpaired) electrons. The first-order chi connectivity index (χ1) is 8.09. The van der Waals surface area contributed by atoms with E-state index in [0.717, 1.165) is 22.6 Å². The van der Waals surface area contributed by atoms with Gasteiger partial charge in [0.25, 0.3) is 0 Å². The SMILES string of the molecule is Cc1nc2c3c(ccn2c1C)[C@H](C)[C@H](O)CN3. The molecule has 2 aromatic heterocycles. The lowest BCUT2D eigenvalue weighted by atomic mass is 9.91. The van der Waals surface area contributed by atoms with Gasteiger partial charge in [0, 0.05) is 24.4 Å². The number of anilines is 1. The van der Waals surface area contributed by atoms with Gasteiger partial charge in [-0.3, -0.25) is 0 Å². The van der Waals surface area contributed by atoms with Gasteiger partial charge in [-0.15, -0.1) is 0 Å². The van der Waals surface area contributed by atoms with Crippen molar-refractivity contribution in [3.8, 4) is 0 Å². The van der Waals surface area contributed by atoms with Gasteiger partial charge < -0.3 is 14.8 Å². The van der Waals surface area contributed by atoms with Crippen LogP contribution in [0.15, 0.2) is 12.3 Å². The van der Waals surface area contributed by atoms with Gasteiger partial charge in [-0.2, -0.15) is 0 Å². The lowest BCUT2D eigenvalue weighted by molar-refractivity contribution is 0.158. The van der Waals surface area contributed by atoms with Crippen LogP contribution in [0.4, 0.5) is 5.69 Å². The number of aromatic nitrogens is 2. The number of nitrogens with one attached hydrogen (secondary N) is 1. The second kappa shape index (κ2) is 3.47. The minimum atomic E-state index is -0.317. The molecule has 1 aliphatic heterocycles. The van der Waals surface area contributed by atoms with Crippen molar-refractivity contribution in [3.05, 3.63) is 29.2 Å². The smallest absolute Gasteiger partial charge is 0.161 e. The number of imidazole rings is 1. The van der Waals surface area contributed by atoms with Crippen molar-refractivity contribution in [1.29, 1.82) is 0 Å². The van der Waals surface area contributed by atoms with Crippen molar-refractivity contribution in [3.63, 3.8) is 0 Å². The van der Waals surface area contributed by atoms with E-state index in [4.69, 9.17) is 0 Å². The fourth-order valence-electron chi connectivity index (χ4n) is 2.50. The second-order valence-corrected chi connectivity index (χ2v) is 4.86. The van der Waals surface area contributed by atoms with Crippen molar-refractivity contribution in [2.24, 2.45) is 0 Å². The zero-order chi connectivity index (χ0) is 12.2. The first-order valence-corrected chi connectivity index (χ1v) is 5.99. The van der Waals surface area contributed by atoms with E-state index in [1.165, 1.54) is 5.69 Å². The third kappa shape index (κ3) is 1.37. The summed E-state index contributed by atoms with van der Waals surface area (Å²) in [6.45, 7) is 6.75. The van der Waals surface area contributed by atoms with E-state index < -0.39 is 0 Å². The highest BCUT2D eigenvalue weighted by Crippen LogP contribution is 2.34. The topological polar surface area (TPSA) is 49.6 Å². The predicted octanol–water partition coefficient (Wildman–Crippen LogP) is 1.84. The van der Waals surface area contributed by atoms with Crippen LogP contribution in [0.3, 0.4) is 0 Å². The number of nitrogens with zero attached hydrogens (tertiary/aromatic N) is 2. The summed E-state index contributed by atoms with van der Waals surface area (Å²) < 4.78 is 2.10. The van der Waals surface area contributed by atoms with E-state index >= 15 is 0 Å². The first kappa shape index (κ1) is 10.6. The average Bonchev–Trinajstić information content (AvgIpc) is 2.61. The van der Waals surface area contributed by atoms with Crippen LogP contribution in [0.5, 0.6) is 0 Å². The van der Waals surface area contributed by atoms with E-state index in [1.54, 1.807) is 0 Å². The van der Waals surface area contributed by atoms with Crippen LogP contribution in [-0.2, 0) is 0 Å². The Balaban J connectivity index is 2.30. The number of pyridine rings is 1. The summed E-state index contributed by atoms with van der Waals surface area (Å²) in [5.74, 6) is 0.161. The summed E-state index contributed by atoms with van der Waals surface area (Å²) in [6.07, 6.45) is 1.72. The normalized spacial score (nSPS) is 23.5. The van der Waals surface area contributed by atoms with E-state index in [9.17, 15) is 5.11 Å². The van der Waals surface area contributed by atoms with Crippen molar-refractivity contribution in [2.75, 3.05) is 11.9 Å². The Labute approximate surface area is 100 Å². The second-order valence-electron chi connectivity index (χ2n) is 4.86. The Morgan fingerprint density at radius 1 is 1.47 bits per heavy atom. The Morgan fingerprint density at radius 3 is 3.00 bits per heavy atom. The van der Waals surface area contributed by atoms with Crippen LogP contribution in [-0.4, -0.2) is 27.1 Å². The monoisotopic (exact) mass is 231 g/mol. The molecule has 0 aliphatic carbocycles. The van der Waals surface area contributed by atoms with E-state index in [2.05, 4.69) is 34.6 Å². The molecule has 4 nitrogen and oxygen atoms in total. The maximum absolute atomic E-state index is 9.87. The molecule has 4 heteroatoms. The highest BCUT2D eigenvalue weighted by atomic mass is 16.3. The predicted molar refractivity (Wildman–Crippen MR) is 67.6 cm³/mol. The van der Waals surface area contributed by atoms with Gasteiger partial charge in [-0.25, -0.2) is 4.98 Å². The molecule has 17 heavy (non-hydrogen) atoms. The molecule has 0 unspecified atom stereocenters. The average molecular weight is 231 g/mol. The number of β-amino-alcohol motifs (C(OH)–C–C–N with tert-alkyl or cyclic N) is 1. The highest BCUT2D eigenvalue weighted by Gasteiger charge is 2.26. The lowest BCUT2D eigenvalue weighted by Gasteiger charge is -2.28. The van der Waals surface area contributed by atoms with Gasteiger partial charge in [0.15, 0.2) is 5.65 Å². The fraction of sp³-hybridized carbons (Fsp3) is 0.462. The molecule has 3 heterocycles. The fourth-order valence-corrected chi connectivity index (χ4v) is 2.50. The number of aliphatic hydroxyl groups excluding tert-OH is 1. The summed E-state index contributed by atoms with van der Waals surface area (Å²) in [6, 6.07) is 2.08. The number of fused-ring (bicyclic) bond motifs is 3. The zero-order valence-electron chi connectivity index (χ0n) is 10.4. The molecule has 0 fully saturated rings. The van der Waals surface area contributed by atoms with Crippen molar-refractivity contribution < 1.29 is 5.11 Å². The van der Waals surface area contributed by atoms with Crippen molar-refractivity contribution in [1.82, 2.24) is 9.38 Å². The van der Waals surface area contributed by atoms with Gasteiger partial charge in [-0.1, -0.05) is 6.92 Å². The molecule has 0 saturated carbocycles. The summed E-state index contributed by atoms with van der Waals surface area (Å²) >= 11 is 0. The molecule has 0 saturated heterocycles. The molecule has 2 atom stereocenters. The molecule has 0 amide bonds. The minimum Gasteiger partial charge on any atom is -0.391 e. The maximum Gasteiger partial charge on any atom is 0.161 e. The van der Waals surface area contributed by atoms with Crippen LogP contribution >= 0.6 is 0 Å². The van der Waals surface area contributed by atoms with Crippen LogP contribution in [0.2, 0.25) is 0 Å². The van der Waals surface area contributed by atoms with Crippen LogP contribution in [0.25, 0.3) is 5.65 Å². The number of hydrogen-bond donors (Lipinski definition) is 2. The van der Waals surface area contributed by atoms with E-state index in [1.807, 2.05) is 13.1 Å².